The number of pyridine rings is 1. The van der Waals surface area contributed by atoms with Crippen LogP contribution in [-0.2, 0) is 0 Å². The van der Waals surface area contributed by atoms with Gasteiger partial charge in [0.2, 0.25) is 0 Å². The number of aromatic nitrogens is 2. The fourth-order valence-electron chi connectivity index (χ4n) is 2.81. The summed E-state index contributed by atoms with van der Waals surface area (Å²) in [6.07, 6.45) is 6.50. The van der Waals surface area contributed by atoms with Gasteiger partial charge in [0.05, 0.1) is 5.56 Å². The molecule has 104 valence electrons. The first-order chi connectivity index (χ1) is 9.65. The maximum absolute atomic E-state index is 12.5. The molecule has 1 amide bonds. The van der Waals surface area contributed by atoms with Gasteiger partial charge in [-0.15, -0.1) is 0 Å². The highest BCUT2D eigenvalue weighted by atomic mass is 16.2. The molecule has 1 atom stereocenters. The van der Waals surface area contributed by atoms with Crippen molar-refractivity contribution < 1.29 is 4.79 Å². The Morgan fingerprint density at radius 3 is 2.95 bits per heavy atom. The lowest BCUT2D eigenvalue weighted by Gasteiger charge is -2.16. The van der Waals surface area contributed by atoms with Crippen LogP contribution in [0.15, 0.2) is 30.7 Å². The van der Waals surface area contributed by atoms with Gasteiger partial charge in [0.1, 0.15) is 0 Å². The van der Waals surface area contributed by atoms with Gasteiger partial charge in [-0.25, -0.2) is 0 Å². The van der Waals surface area contributed by atoms with Gasteiger partial charge < -0.3 is 9.88 Å². The van der Waals surface area contributed by atoms with Crippen LogP contribution in [-0.4, -0.2) is 33.9 Å². The summed E-state index contributed by atoms with van der Waals surface area (Å²) in [5, 5.41) is 0. The molecule has 0 aliphatic carbocycles. The highest BCUT2D eigenvalue weighted by molar-refractivity contribution is 5.95. The van der Waals surface area contributed by atoms with Crippen LogP contribution in [0.5, 0.6) is 0 Å². The Hall–Kier alpha value is -2.10. The van der Waals surface area contributed by atoms with Crippen molar-refractivity contribution in [1.29, 1.82) is 0 Å². The topological polar surface area (TPSA) is 49.0 Å². The molecule has 3 rings (SSSR count). The molecule has 1 aliphatic heterocycles. The van der Waals surface area contributed by atoms with E-state index in [-0.39, 0.29) is 5.91 Å². The quantitative estimate of drug-likeness (QED) is 0.911. The number of hydrogen-bond donors (Lipinski definition) is 1. The summed E-state index contributed by atoms with van der Waals surface area (Å²) in [5.41, 5.74) is 4.11. The van der Waals surface area contributed by atoms with E-state index in [0.29, 0.717) is 5.92 Å². The second kappa shape index (κ2) is 5.12. The Balaban J connectivity index is 1.74. The summed E-state index contributed by atoms with van der Waals surface area (Å²) < 4.78 is 0. The molecule has 3 heterocycles. The number of likely N-dealkylation sites (tertiary alicyclic amines) is 1. The van der Waals surface area contributed by atoms with E-state index in [2.05, 4.69) is 23.0 Å². The number of H-pyrrole nitrogens is 1. The molecule has 20 heavy (non-hydrogen) atoms. The van der Waals surface area contributed by atoms with E-state index in [1.165, 1.54) is 5.56 Å². The van der Waals surface area contributed by atoms with Gasteiger partial charge in [-0.2, -0.15) is 0 Å². The van der Waals surface area contributed by atoms with Crippen molar-refractivity contribution in [2.75, 3.05) is 13.1 Å². The van der Waals surface area contributed by atoms with E-state index >= 15 is 0 Å². The Morgan fingerprint density at radius 2 is 2.25 bits per heavy atom. The molecule has 1 saturated heterocycles. The predicted molar refractivity (Wildman–Crippen MR) is 77.8 cm³/mol. The Bertz CT molecular complexity index is 632. The van der Waals surface area contributed by atoms with Crippen molar-refractivity contribution in [3.8, 4) is 0 Å². The largest absolute Gasteiger partial charge is 0.367 e. The number of hydrogen-bond acceptors (Lipinski definition) is 2. The van der Waals surface area contributed by atoms with E-state index in [1.807, 2.05) is 30.3 Å². The molecule has 0 bridgehead atoms. The van der Waals surface area contributed by atoms with Gasteiger partial charge in [-0.05, 0) is 43.5 Å². The Morgan fingerprint density at radius 1 is 1.40 bits per heavy atom. The van der Waals surface area contributed by atoms with E-state index in [4.69, 9.17) is 0 Å². The molecule has 0 aromatic carbocycles. The molecule has 1 aliphatic rings. The molecule has 0 unspecified atom stereocenters. The fourth-order valence-corrected chi connectivity index (χ4v) is 2.81. The number of carbonyl (C=O) groups excluding carboxylic acids is 1. The van der Waals surface area contributed by atoms with Crippen LogP contribution in [0.3, 0.4) is 0 Å². The first-order valence-corrected chi connectivity index (χ1v) is 7.00. The molecule has 1 fully saturated rings. The molecular weight excluding hydrogens is 250 g/mol. The van der Waals surface area contributed by atoms with Crippen LogP contribution in [0.4, 0.5) is 0 Å². The van der Waals surface area contributed by atoms with Gasteiger partial charge >= 0.3 is 0 Å². The van der Waals surface area contributed by atoms with Crippen molar-refractivity contribution in [1.82, 2.24) is 14.9 Å². The molecule has 4 nitrogen and oxygen atoms in total. The third-order valence-electron chi connectivity index (χ3n) is 4.01. The third kappa shape index (κ3) is 2.33. The van der Waals surface area contributed by atoms with Crippen molar-refractivity contribution in [3.63, 3.8) is 0 Å². The normalized spacial score (nSPS) is 18.5. The SMILES string of the molecule is Cc1ccnc([C@H]2CCN(C(=O)c3c[nH]cc3C)C2)c1. The first kappa shape index (κ1) is 12.9. The maximum atomic E-state index is 12.5. The predicted octanol–water partition coefficient (Wildman–Crippen LogP) is 2.66. The minimum atomic E-state index is 0.124. The molecular formula is C16H19N3O. The number of aryl methyl sites for hydroxylation is 2. The van der Waals surface area contributed by atoms with Crippen LogP contribution >= 0.6 is 0 Å². The second-order valence-electron chi connectivity index (χ2n) is 5.55. The standard InChI is InChI=1S/C16H19N3O/c1-11-3-5-18-15(7-11)13-4-6-19(10-13)16(20)14-9-17-8-12(14)2/h3,5,7-9,13,17H,4,6,10H2,1-2H3/t13-/m0/s1. The molecule has 2 aromatic rings. The maximum Gasteiger partial charge on any atom is 0.255 e. The number of carbonyl (C=O) groups is 1. The first-order valence-electron chi connectivity index (χ1n) is 7.00. The summed E-state index contributed by atoms with van der Waals surface area (Å²) in [6.45, 7) is 5.61. The number of nitrogens with one attached hydrogen (secondary N) is 1. The highest BCUT2D eigenvalue weighted by Gasteiger charge is 2.29. The number of nitrogens with zero attached hydrogens (tertiary/aromatic N) is 2. The van der Waals surface area contributed by atoms with Crippen LogP contribution < -0.4 is 0 Å². The van der Waals surface area contributed by atoms with E-state index < -0.39 is 0 Å². The molecule has 1 N–H and O–H groups in total. The second-order valence-corrected chi connectivity index (χ2v) is 5.55. The van der Waals surface area contributed by atoms with Gasteiger partial charge in [-0.1, -0.05) is 0 Å². The molecule has 0 radical (unpaired) electrons. The lowest BCUT2D eigenvalue weighted by Crippen LogP contribution is -2.28. The van der Waals surface area contributed by atoms with Crippen molar-refractivity contribution in [2.24, 2.45) is 0 Å². The molecule has 2 aromatic heterocycles. The summed E-state index contributed by atoms with van der Waals surface area (Å²) in [7, 11) is 0. The van der Waals surface area contributed by atoms with E-state index in [9.17, 15) is 4.79 Å². The average molecular weight is 269 g/mol. The van der Waals surface area contributed by atoms with Gasteiger partial charge in [0, 0.05) is 43.3 Å². The summed E-state index contributed by atoms with van der Waals surface area (Å²) in [6, 6.07) is 4.13. The molecule has 4 heteroatoms. The average Bonchev–Trinajstić information content (AvgIpc) is 3.07. The third-order valence-corrected chi connectivity index (χ3v) is 4.01. The fraction of sp³-hybridized carbons (Fsp3) is 0.375. The monoisotopic (exact) mass is 269 g/mol. The zero-order chi connectivity index (χ0) is 14.1. The highest BCUT2D eigenvalue weighted by Crippen LogP contribution is 2.27. The van der Waals surface area contributed by atoms with Gasteiger partial charge in [0.25, 0.3) is 5.91 Å². The van der Waals surface area contributed by atoms with Crippen LogP contribution in [0.2, 0.25) is 0 Å². The van der Waals surface area contributed by atoms with Crippen LogP contribution in [0.1, 0.15) is 39.5 Å². The summed E-state index contributed by atoms with van der Waals surface area (Å²) in [4.78, 5) is 21.8. The van der Waals surface area contributed by atoms with E-state index in [0.717, 1.165) is 36.3 Å². The number of aromatic amines is 1. The molecule has 0 spiro atoms. The van der Waals surface area contributed by atoms with E-state index in [1.54, 1.807) is 6.20 Å². The Labute approximate surface area is 118 Å². The van der Waals surface area contributed by atoms with Gasteiger partial charge in [0.15, 0.2) is 0 Å². The minimum Gasteiger partial charge on any atom is -0.367 e. The lowest BCUT2D eigenvalue weighted by atomic mass is 10.0. The number of rotatable bonds is 2. The summed E-state index contributed by atoms with van der Waals surface area (Å²) >= 11 is 0. The minimum absolute atomic E-state index is 0.124. The van der Waals surface area contributed by atoms with Crippen molar-refractivity contribution in [2.45, 2.75) is 26.2 Å². The van der Waals surface area contributed by atoms with Crippen molar-refractivity contribution in [3.05, 3.63) is 53.1 Å². The zero-order valence-electron chi connectivity index (χ0n) is 11.9. The van der Waals surface area contributed by atoms with Crippen LogP contribution in [0.25, 0.3) is 0 Å². The van der Waals surface area contributed by atoms with Crippen LogP contribution in [0, 0.1) is 13.8 Å². The Kier molecular flexibility index (Phi) is 3.30. The zero-order valence-corrected chi connectivity index (χ0v) is 11.9. The number of amides is 1. The summed E-state index contributed by atoms with van der Waals surface area (Å²) in [5.74, 6) is 0.483. The lowest BCUT2D eigenvalue weighted by molar-refractivity contribution is 0.0790. The van der Waals surface area contributed by atoms with Crippen molar-refractivity contribution >= 4 is 5.91 Å². The molecule has 0 saturated carbocycles. The van der Waals surface area contributed by atoms with Gasteiger partial charge in [-0.3, -0.25) is 9.78 Å². The smallest absolute Gasteiger partial charge is 0.255 e.